The number of hydrogen-bond acceptors (Lipinski definition) is 3. The highest BCUT2D eigenvalue weighted by atomic mass is 35.5. The fraction of sp³-hybridized carbons (Fsp3) is 0.316. The second-order valence-electron chi connectivity index (χ2n) is 6.12. The smallest absolute Gasteiger partial charge is 0.238 e. The Balaban J connectivity index is 2.03. The van der Waals surface area contributed by atoms with Gasteiger partial charge in [-0.15, -0.1) is 0 Å². The normalized spacial score (nSPS) is 10.8. The lowest BCUT2D eigenvalue weighted by molar-refractivity contribution is -0.117. The zero-order valence-corrected chi connectivity index (χ0v) is 16.3. The lowest BCUT2D eigenvalue weighted by Gasteiger charge is -2.19. The predicted molar refractivity (Wildman–Crippen MR) is 104 cm³/mol. The van der Waals surface area contributed by atoms with Gasteiger partial charge in [-0.3, -0.25) is 9.69 Å². The maximum atomic E-state index is 12.4. The highest BCUT2D eigenvalue weighted by Gasteiger charge is 2.13. The standard InChI is InChI=1S/C19H22Cl2N2O2/c1-12-7-13(2)19(16(21)8-12)22-18(24)11-23(3)10-14-9-15(20)5-6-17(14)25-4/h5-9H,10-11H2,1-4H3,(H,22,24). The van der Waals surface area contributed by atoms with E-state index in [4.69, 9.17) is 27.9 Å². The molecule has 25 heavy (non-hydrogen) atoms. The summed E-state index contributed by atoms with van der Waals surface area (Å²) in [7, 11) is 3.48. The Morgan fingerprint density at radius 2 is 1.92 bits per heavy atom. The van der Waals surface area contributed by atoms with Crippen molar-refractivity contribution in [2.75, 3.05) is 26.0 Å². The van der Waals surface area contributed by atoms with Crippen molar-refractivity contribution in [1.29, 1.82) is 0 Å². The Bertz CT molecular complexity index is 755. The molecule has 2 aromatic rings. The zero-order chi connectivity index (χ0) is 18.6. The molecule has 0 fully saturated rings. The average molecular weight is 381 g/mol. The number of methoxy groups -OCH3 is 1. The molecule has 134 valence electrons. The molecule has 0 heterocycles. The third-order valence-corrected chi connectivity index (χ3v) is 4.33. The third-order valence-electron chi connectivity index (χ3n) is 3.79. The number of hydrogen-bond donors (Lipinski definition) is 1. The van der Waals surface area contributed by atoms with Crippen LogP contribution < -0.4 is 10.1 Å². The van der Waals surface area contributed by atoms with Crippen molar-refractivity contribution in [1.82, 2.24) is 4.90 Å². The van der Waals surface area contributed by atoms with E-state index in [9.17, 15) is 4.79 Å². The summed E-state index contributed by atoms with van der Waals surface area (Å²) in [6.07, 6.45) is 0. The van der Waals surface area contributed by atoms with E-state index in [0.717, 1.165) is 22.4 Å². The molecule has 0 radical (unpaired) electrons. The number of rotatable bonds is 6. The van der Waals surface area contributed by atoms with Gasteiger partial charge in [0, 0.05) is 17.1 Å². The molecule has 0 saturated carbocycles. The molecule has 0 saturated heterocycles. The Kier molecular flexibility index (Phi) is 6.71. The van der Waals surface area contributed by atoms with Crippen molar-refractivity contribution in [2.45, 2.75) is 20.4 Å². The molecular formula is C19H22Cl2N2O2. The largest absolute Gasteiger partial charge is 0.496 e. The molecule has 0 bridgehead atoms. The van der Waals surface area contributed by atoms with Crippen molar-refractivity contribution >= 4 is 34.8 Å². The Hall–Kier alpha value is -1.75. The topological polar surface area (TPSA) is 41.6 Å². The molecule has 0 aliphatic heterocycles. The van der Waals surface area contributed by atoms with E-state index in [1.807, 2.05) is 50.1 Å². The van der Waals surface area contributed by atoms with E-state index in [-0.39, 0.29) is 12.5 Å². The van der Waals surface area contributed by atoms with Crippen LogP contribution in [0.4, 0.5) is 5.69 Å². The number of carbonyl (C=O) groups excluding carboxylic acids is 1. The first-order valence-corrected chi connectivity index (χ1v) is 8.63. The third kappa shape index (κ3) is 5.36. The van der Waals surface area contributed by atoms with Gasteiger partial charge < -0.3 is 10.1 Å². The monoisotopic (exact) mass is 380 g/mol. The first-order chi connectivity index (χ1) is 11.8. The lowest BCUT2D eigenvalue weighted by Crippen LogP contribution is -2.30. The number of nitrogens with one attached hydrogen (secondary N) is 1. The molecule has 0 aliphatic rings. The Morgan fingerprint density at radius 1 is 1.20 bits per heavy atom. The van der Waals surface area contributed by atoms with Crippen molar-refractivity contribution < 1.29 is 9.53 Å². The first-order valence-electron chi connectivity index (χ1n) is 7.87. The Labute approximate surface area is 158 Å². The van der Waals surface area contributed by atoms with Gasteiger partial charge in [0.1, 0.15) is 5.75 Å². The van der Waals surface area contributed by atoms with Crippen LogP contribution in [0.2, 0.25) is 10.0 Å². The van der Waals surface area contributed by atoms with Crippen LogP contribution in [0.1, 0.15) is 16.7 Å². The van der Waals surface area contributed by atoms with Crippen LogP contribution >= 0.6 is 23.2 Å². The number of likely N-dealkylation sites (N-methyl/N-ethyl adjacent to an activating group) is 1. The van der Waals surface area contributed by atoms with Gasteiger partial charge >= 0.3 is 0 Å². The molecule has 6 heteroatoms. The number of benzene rings is 2. The number of anilines is 1. The summed E-state index contributed by atoms with van der Waals surface area (Å²) in [4.78, 5) is 14.2. The van der Waals surface area contributed by atoms with E-state index >= 15 is 0 Å². The van der Waals surface area contributed by atoms with E-state index in [2.05, 4.69) is 5.32 Å². The number of amides is 1. The van der Waals surface area contributed by atoms with Crippen molar-refractivity contribution in [2.24, 2.45) is 0 Å². The zero-order valence-electron chi connectivity index (χ0n) is 14.8. The van der Waals surface area contributed by atoms with E-state index in [1.54, 1.807) is 13.2 Å². The van der Waals surface area contributed by atoms with Gasteiger partial charge in [-0.05, 0) is 56.3 Å². The van der Waals surface area contributed by atoms with Crippen LogP contribution in [0, 0.1) is 13.8 Å². The minimum absolute atomic E-state index is 0.127. The van der Waals surface area contributed by atoms with Crippen LogP contribution in [0.5, 0.6) is 5.75 Å². The molecule has 2 aromatic carbocycles. The summed E-state index contributed by atoms with van der Waals surface area (Å²) < 4.78 is 5.34. The summed E-state index contributed by atoms with van der Waals surface area (Å²) in [5.74, 6) is 0.617. The van der Waals surface area contributed by atoms with Gasteiger partial charge in [-0.2, -0.15) is 0 Å². The maximum absolute atomic E-state index is 12.4. The SMILES string of the molecule is COc1ccc(Cl)cc1CN(C)CC(=O)Nc1c(C)cc(C)cc1Cl. The summed E-state index contributed by atoms with van der Waals surface area (Å²) in [5, 5.41) is 4.07. The van der Waals surface area contributed by atoms with Crippen molar-refractivity contribution in [3.63, 3.8) is 0 Å². The minimum Gasteiger partial charge on any atom is -0.496 e. The fourth-order valence-corrected chi connectivity index (χ4v) is 3.28. The number of aryl methyl sites for hydroxylation is 2. The summed E-state index contributed by atoms with van der Waals surface area (Å²) in [6, 6.07) is 9.27. The first kappa shape index (κ1) is 19.6. The van der Waals surface area contributed by atoms with Crippen LogP contribution in [0.15, 0.2) is 30.3 Å². The number of nitrogens with zero attached hydrogens (tertiary/aromatic N) is 1. The second-order valence-corrected chi connectivity index (χ2v) is 6.96. The summed E-state index contributed by atoms with van der Waals surface area (Å²) in [6.45, 7) is 4.66. The van der Waals surface area contributed by atoms with E-state index < -0.39 is 0 Å². The van der Waals surface area contributed by atoms with Crippen LogP contribution in [0.25, 0.3) is 0 Å². The lowest BCUT2D eigenvalue weighted by atomic mass is 10.1. The van der Waals surface area contributed by atoms with Gasteiger partial charge in [0.05, 0.1) is 24.4 Å². The highest BCUT2D eigenvalue weighted by molar-refractivity contribution is 6.34. The number of halogens is 2. The number of carbonyl (C=O) groups is 1. The van der Waals surface area contributed by atoms with Gasteiger partial charge in [0.2, 0.25) is 5.91 Å². The molecule has 1 amide bonds. The minimum atomic E-state index is -0.127. The van der Waals surface area contributed by atoms with Crippen LogP contribution in [-0.2, 0) is 11.3 Å². The van der Waals surface area contributed by atoms with Crippen LogP contribution in [-0.4, -0.2) is 31.5 Å². The summed E-state index contributed by atoms with van der Waals surface area (Å²) in [5.41, 5.74) is 3.59. The molecule has 0 spiro atoms. The molecular weight excluding hydrogens is 359 g/mol. The van der Waals surface area contributed by atoms with Gasteiger partial charge in [-0.1, -0.05) is 29.3 Å². The molecule has 1 N–H and O–H groups in total. The van der Waals surface area contributed by atoms with Gasteiger partial charge in [0.15, 0.2) is 0 Å². The van der Waals surface area contributed by atoms with E-state index in [1.165, 1.54) is 0 Å². The van der Waals surface area contributed by atoms with Crippen molar-refractivity contribution in [3.8, 4) is 5.75 Å². The van der Waals surface area contributed by atoms with Crippen molar-refractivity contribution in [3.05, 3.63) is 57.1 Å². The molecule has 4 nitrogen and oxygen atoms in total. The van der Waals surface area contributed by atoms with Gasteiger partial charge in [0.25, 0.3) is 0 Å². The molecule has 0 aromatic heterocycles. The molecule has 0 unspecified atom stereocenters. The molecule has 0 atom stereocenters. The van der Waals surface area contributed by atoms with E-state index in [0.29, 0.717) is 22.3 Å². The quantitative estimate of drug-likeness (QED) is 0.789. The van der Waals surface area contributed by atoms with Gasteiger partial charge in [-0.25, -0.2) is 0 Å². The Morgan fingerprint density at radius 3 is 2.56 bits per heavy atom. The number of ether oxygens (including phenoxy) is 1. The summed E-state index contributed by atoms with van der Waals surface area (Å²) >= 11 is 12.3. The maximum Gasteiger partial charge on any atom is 0.238 e. The average Bonchev–Trinajstić information content (AvgIpc) is 2.51. The molecule has 2 rings (SSSR count). The second kappa shape index (κ2) is 8.56. The molecule has 0 aliphatic carbocycles. The predicted octanol–water partition coefficient (Wildman–Crippen LogP) is 4.69. The fourth-order valence-electron chi connectivity index (χ4n) is 2.72. The highest BCUT2D eigenvalue weighted by Crippen LogP contribution is 2.27. The van der Waals surface area contributed by atoms with Crippen LogP contribution in [0.3, 0.4) is 0 Å².